The highest BCUT2D eigenvalue weighted by Gasteiger charge is 2.09. The largest absolute Gasteiger partial charge is 0.348 e. The van der Waals surface area contributed by atoms with Crippen LogP contribution >= 0.6 is 23.1 Å². The summed E-state index contributed by atoms with van der Waals surface area (Å²) in [5.41, 5.74) is 3.26. The van der Waals surface area contributed by atoms with Crippen LogP contribution in [0.2, 0.25) is 0 Å². The van der Waals surface area contributed by atoms with Gasteiger partial charge in [0.2, 0.25) is 10.0 Å². The molecule has 0 fully saturated rings. The van der Waals surface area contributed by atoms with Crippen molar-refractivity contribution in [3.05, 3.63) is 81.3 Å². The third-order valence-electron chi connectivity index (χ3n) is 4.31. The Bertz CT molecular complexity index is 1090. The molecular formula is C21H23N3O3S3. The van der Waals surface area contributed by atoms with Crippen molar-refractivity contribution in [1.82, 2.24) is 15.0 Å². The first-order valence-corrected chi connectivity index (χ1v) is 12.8. The first-order valence-electron chi connectivity index (χ1n) is 9.26. The van der Waals surface area contributed by atoms with Crippen LogP contribution in [0.4, 0.5) is 0 Å². The fourth-order valence-electron chi connectivity index (χ4n) is 2.66. The van der Waals surface area contributed by atoms with E-state index in [9.17, 15) is 13.2 Å². The summed E-state index contributed by atoms with van der Waals surface area (Å²) in [5, 5.41) is 6.02. The van der Waals surface area contributed by atoms with Gasteiger partial charge in [0.1, 0.15) is 0 Å². The maximum atomic E-state index is 12.4. The van der Waals surface area contributed by atoms with Crippen LogP contribution in [0.25, 0.3) is 0 Å². The van der Waals surface area contributed by atoms with E-state index in [-0.39, 0.29) is 11.7 Å². The second kappa shape index (κ2) is 10.2. The molecular weight excluding hydrogens is 438 g/mol. The zero-order valence-corrected chi connectivity index (χ0v) is 19.2. The predicted octanol–water partition coefficient (Wildman–Crippen LogP) is 3.72. The van der Waals surface area contributed by atoms with Crippen molar-refractivity contribution >= 4 is 39.0 Å². The molecule has 9 heteroatoms. The van der Waals surface area contributed by atoms with Crippen molar-refractivity contribution in [3.8, 4) is 0 Å². The van der Waals surface area contributed by atoms with Crippen LogP contribution in [-0.4, -0.2) is 26.4 Å². The molecule has 158 valence electrons. The lowest BCUT2D eigenvalue weighted by Gasteiger charge is -2.08. The molecule has 1 heterocycles. The summed E-state index contributed by atoms with van der Waals surface area (Å²) >= 11 is 3.34. The van der Waals surface area contributed by atoms with E-state index in [1.54, 1.807) is 35.2 Å². The molecule has 0 aliphatic heterocycles. The minimum absolute atomic E-state index is 0.0669. The summed E-state index contributed by atoms with van der Waals surface area (Å²) < 4.78 is 25.5. The van der Waals surface area contributed by atoms with E-state index >= 15 is 0 Å². The van der Waals surface area contributed by atoms with Gasteiger partial charge >= 0.3 is 0 Å². The van der Waals surface area contributed by atoms with Gasteiger partial charge in [-0.25, -0.2) is 18.1 Å². The molecule has 2 aromatic carbocycles. The molecule has 0 spiro atoms. The third-order valence-corrected chi connectivity index (χ3v) is 7.52. The van der Waals surface area contributed by atoms with Crippen molar-refractivity contribution in [1.29, 1.82) is 0 Å². The van der Waals surface area contributed by atoms with Crippen LogP contribution in [0.15, 0.2) is 58.8 Å². The Morgan fingerprint density at radius 2 is 1.73 bits per heavy atom. The van der Waals surface area contributed by atoms with Crippen LogP contribution < -0.4 is 10.0 Å². The van der Waals surface area contributed by atoms with Gasteiger partial charge in [-0.2, -0.15) is 0 Å². The van der Waals surface area contributed by atoms with Crippen molar-refractivity contribution in [2.24, 2.45) is 0 Å². The number of rotatable bonds is 9. The average molecular weight is 462 g/mol. The molecule has 0 aliphatic carbocycles. The van der Waals surface area contributed by atoms with Gasteiger partial charge in [0.15, 0.2) is 0 Å². The van der Waals surface area contributed by atoms with Crippen LogP contribution in [0.5, 0.6) is 0 Å². The molecule has 2 N–H and O–H groups in total. The monoisotopic (exact) mass is 461 g/mol. The van der Waals surface area contributed by atoms with Crippen molar-refractivity contribution in [2.75, 3.05) is 7.05 Å². The Labute approximate surface area is 185 Å². The lowest BCUT2D eigenvalue weighted by molar-refractivity contribution is 0.0951. The van der Waals surface area contributed by atoms with Crippen LogP contribution in [0, 0.1) is 6.92 Å². The maximum Gasteiger partial charge on any atom is 0.251 e. The number of thiazole rings is 1. The standard InChI is InChI=1S/C21H23N3O3S3/c1-15-24-19(12-28-15)13-29-20-9-7-18(8-10-20)21(25)23-11-16-3-5-17(6-4-16)14-30(26,27)22-2/h3-10,12,22H,11,13-14H2,1-2H3,(H,23,25). The Hall–Kier alpha value is -2.20. The number of aromatic nitrogens is 1. The molecule has 0 saturated heterocycles. The van der Waals surface area contributed by atoms with Gasteiger partial charge in [0.25, 0.3) is 5.91 Å². The molecule has 0 radical (unpaired) electrons. The first-order chi connectivity index (χ1) is 14.3. The van der Waals surface area contributed by atoms with Gasteiger partial charge in [0, 0.05) is 28.1 Å². The molecule has 1 aromatic heterocycles. The fourth-order valence-corrected chi connectivity index (χ4v) is 4.95. The number of hydrogen-bond acceptors (Lipinski definition) is 6. The number of nitrogens with zero attached hydrogens (tertiary/aromatic N) is 1. The number of carbonyl (C=O) groups excluding carboxylic acids is 1. The van der Waals surface area contributed by atoms with Gasteiger partial charge in [0.05, 0.1) is 16.5 Å². The van der Waals surface area contributed by atoms with Gasteiger partial charge in [-0.1, -0.05) is 24.3 Å². The Kier molecular flexibility index (Phi) is 7.65. The number of hydrogen-bond donors (Lipinski definition) is 2. The fraction of sp³-hybridized carbons (Fsp3) is 0.238. The second-order valence-electron chi connectivity index (χ2n) is 6.63. The van der Waals surface area contributed by atoms with E-state index in [2.05, 4.69) is 20.4 Å². The second-order valence-corrected chi connectivity index (χ2v) is 10.7. The zero-order chi connectivity index (χ0) is 21.6. The minimum Gasteiger partial charge on any atom is -0.348 e. The van der Waals surface area contributed by atoms with E-state index < -0.39 is 10.0 Å². The summed E-state index contributed by atoms with van der Waals surface area (Å²) in [4.78, 5) is 17.9. The van der Waals surface area contributed by atoms with E-state index in [1.165, 1.54) is 7.05 Å². The maximum absolute atomic E-state index is 12.4. The molecule has 0 unspecified atom stereocenters. The average Bonchev–Trinajstić information content (AvgIpc) is 3.17. The molecule has 0 saturated carbocycles. The number of carbonyl (C=O) groups is 1. The topological polar surface area (TPSA) is 88.2 Å². The van der Waals surface area contributed by atoms with E-state index in [0.717, 1.165) is 26.9 Å². The smallest absolute Gasteiger partial charge is 0.251 e. The summed E-state index contributed by atoms with van der Waals surface area (Å²) in [6.07, 6.45) is 0. The number of sulfonamides is 1. The summed E-state index contributed by atoms with van der Waals surface area (Å²) in [7, 11) is -1.90. The number of benzene rings is 2. The van der Waals surface area contributed by atoms with Crippen LogP contribution in [-0.2, 0) is 28.1 Å². The molecule has 30 heavy (non-hydrogen) atoms. The van der Waals surface area contributed by atoms with Crippen LogP contribution in [0.3, 0.4) is 0 Å². The van der Waals surface area contributed by atoms with Crippen molar-refractivity contribution in [2.45, 2.75) is 29.9 Å². The third kappa shape index (κ3) is 6.66. The minimum atomic E-state index is -3.29. The first kappa shape index (κ1) is 22.5. The summed E-state index contributed by atoms with van der Waals surface area (Å²) in [6, 6.07) is 14.7. The number of aryl methyl sites for hydroxylation is 1. The Balaban J connectivity index is 1.49. The lowest BCUT2D eigenvalue weighted by atomic mass is 10.1. The number of thioether (sulfide) groups is 1. The molecule has 6 nitrogen and oxygen atoms in total. The highest BCUT2D eigenvalue weighted by molar-refractivity contribution is 7.98. The normalized spacial score (nSPS) is 11.4. The predicted molar refractivity (Wildman–Crippen MR) is 122 cm³/mol. The molecule has 1 amide bonds. The summed E-state index contributed by atoms with van der Waals surface area (Å²) in [5.74, 6) is 0.591. The van der Waals surface area contributed by atoms with Gasteiger partial charge < -0.3 is 5.32 Å². The Morgan fingerprint density at radius 1 is 1.07 bits per heavy atom. The quantitative estimate of drug-likeness (QED) is 0.474. The lowest BCUT2D eigenvalue weighted by Crippen LogP contribution is -2.22. The molecule has 0 atom stereocenters. The SMILES string of the molecule is CNS(=O)(=O)Cc1ccc(CNC(=O)c2ccc(SCc3csc(C)n3)cc2)cc1. The van der Waals surface area contributed by atoms with Gasteiger partial charge in [-0.3, -0.25) is 4.79 Å². The van der Waals surface area contributed by atoms with Crippen LogP contribution in [0.1, 0.15) is 32.2 Å². The van der Waals surface area contributed by atoms with E-state index in [0.29, 0.717) is 17.7 Å². The molecule has 0 aliphatic rings. The van der Waals surface area contributed by atoms with Crippen molar-refractivity contribution < 1.29 is 13.2 Å². The highest BCUT2D eigenvalue weighted by Crippen LogP contribution is 2.24. The van der Waals surface area contributed by atoms with E-state index in [1.807, 2.05) is 43.3 Å². The molecule has 3 rings (SSSR count). The Morgan fingerprint density at radius 3 is 2.33 bits per heavy atom. The van der Waals surface area contributed by atoms with E-state index in [4.69, 9.17) is 0 Å². The van der Waals surface area contributed by atoms with Gasteiger partial charge in [-0.15, -0.1) is 23.1 Å². The van der Waals surface area contributed by atoms with Crippen molar-refractivity contribution in [3.63, 3.8) is 0 Å². The number of amides is 1. The zero-order valence-electron chi connectivity index (χ0n) is 16.7. The number of nitrogens with one attached hydrogen (secondary N) is 2. The molecule has 0 bridgehead atoms. The highest BCUT2D eigenvalue weighted by atomic mass is 32.2. The molecule has 3 aromatic rings. The van der Waals surface area contributed by atoms with Gasteiger partial charge in [-0.05, 0) is 49.4 Å². The summed E-state index contributed by atoms with van der Waals surface area (Å²) in [6.45, 7) is 2.37.